The average Bonchev–Trinajstić information content (AvgIpc) is 3.86. The number of benzene rings is 8. The van der Waals surface area contributed by atoms with Crippen molar-refractivity contribution in [3.8, 4) is 33.6 Å². The van der Waals surface area contributed by atoms with Gasteiger partial charge in [-0.15, -0.1) is 0 Å². The Morgan fingerprint density at radius 1 is 0.333 bits per heavy atom. The fourth-order valence-electron chi connectivity index (χ4n) is 8.24. The highest BCUT2D eigenvalue weighted by Crippen LogP contribution is 2.43. The second-order valence-corrected chi connectivity index (χ2v) is 13.3. The quantitative estimate of drug-likeness (QED) is 0.186. The van der Waals surface area contributed by atoms with Crippen LogP contribution in [-0.4, -0.2) is 9.13 Å². The van der Waals surface area contributed by atoms with Gasteiger partial charge >= 0.3 is 0 Å². The number of rotatable bonds is 4. The Balaban J connectivity index is 1.21. The van der Waals surface area contributed by atoms with E-state index in [1.807, 2.05) is 12.1 Å². The molecule has 0 aliphatic heterocycles. The van der Waals surface area contributed by atoms with Crippen LogP contribution in [-0.2, 0) is 0 Å². The molecule has 0 unspecified atom stereocenters. The molecule has 3 heteroatoms. The number of fused-ring (bicyclic) bond motifs is 10. The Morgan fingerprint density at radius 3 is 1.71 bits per heavy atom. The predicted octanol–water partition coefficient (Wildman–Crippen LogP) is 13.1. The Hall–Kier alpha value is -6.84. The lowest BCUT2D eigenvalue weighted by atomic mass is 10.0. The van der Waals surface area contributed by atoms with E-state index in [1.165, 1.54) is 54.7 Å². The van der Waals surface area contributed by atoms with E-state index in [-0.39, 0.29) is 0 Å². The molecule has 0 bridgehead atoms. The maximum absolute atomic E-state index is 6.43. The van der Waals surface area contributed by atoms with Crippen LogP contribution in [0.25, 0.3) is 99.2 Å². The minimum Gasteiger partial charge on any atom is -0.455 e. The van der Waals surface area contributed by atoms with Gasteiger partial charge in [0.25, 0.3) is 0 Å². The average molecular weight is 651 g/mol. The Morgan fingerprint density at radius 2 is 0.922 bits per heavy atom. The summed E-state index contributed by atoms with van der Waals surface area (Å²) in [7, 11) is 0. The molecule has 8 aromatic carbocycles. The molecular weight excluding hydrogens is 621 g/mol. The first-order valence-corrected chi connectivity index (χ1v) is 17.4. The van der Waals surface area contributed by atoms with Crippen molar-refractivity contribution in [3.05, 3.63) is 182 Å². The van der Waals surface area contributed by atoms with Gasteiger partial charge in [0.2, 0.25) is 0 Å². The number of aromatic nitrogens is 2. The van der Waals surface area contributed by atoms with Gasteiger partial charge in [-0.05, 0) is 65.2 Å². The summed E-state index contributed by atoms with van der Waals surface area (Å²) >= 11 is 0. The van der Waals surface area contributed by atoms with Gasteiger partial charge in [0.05, 0.1) is 22.1 Å². The lowest BCUT2D eigenvalue weighted by Crippen LogP contribution is -1.98. The van der Waals surface area contributed by atoms with E-state index in [9.17, 15) is 0 Å². The third-order valence-corrected chi connectivity index (χ3v) is 10.5. The minimum absolute atomic E-state index is 0.912. The van der Waals surface area contributed by atoms with Gasteiger partial charge in [0.15, 0.2) is 0 Å². The zero-order valence-electron chi connectivity index (χ0n) is 27.6. The molecule has 0 fully saturated rings. The second-order valence-electron chi connectivity index (χ2n) is 13.3. The lowest BCUT2D eigenvalue weighted by Gasteiger charge is -2.13. The highest BCUT2D eigenvalue weighted by molar-refractivity contribution is 6.24. The molecule has 0 N–H and O–H groups in total. The monoisotopic (exact) mass is 650 g/mol. The van der Waals surface area contributed by atoms with Gasteiger partial charge in [-0.3, -0.25) is 0 Å². The largest absolute Gasteiger partial charge is 0.455 e. The summed E-state index contributed by atoms with van der Waals surface area (Å²) in [5.41, 5.74) is 13.5. The summed E-state index contributed by atoms with van der Waals surface area (Å²) in [6, 6.07) is 65.4. The van der Waals surface area contributed by atoms with Gasteiger partial charge in [0, 0.05) is 49.3 Å². The van der Waals surface area contributed by atoms with Crippen LogP contribution in [0.2, 0.25) is 0 Å². The van der Waals surface area contributed by atoms with Crippen LogP contribution in [0.3, 0.4) is 0 Å². The first-order chi connectivity index (χ1) is 25.3. The molecule has 0 aliphatic carbocycles. The van der Waals surface area contributed by atoms with Crippen molar-refractivity contribution in [1.82, 2.24) is 9.13 Å². The van der Waals surface area contributed by atoms with E-state index in [0.717, 1.165) is 44.4 Å². The molecule has 3 heterocycles. The highest BCUT2D eigenvalue weighted by Gasteiger charge is 2.22. The Kier molecular flexibility index (Phi) is 5.96. The van der Waals surface area contributed by atoms with Gasteiger partial charge < -0.3 is 13.6 Å². The summed E-state index contributed by atoms with van der Waals surface area (Å²) in [6.45, 7) is 0. The molecule has 11 aromatic rings. The molecule has 51 heavy (non-hydrogen) atoms. The van der Waals surface area contributed by atoms with E-state index >= 15 is 0 Å². The van der Waals surface area contributed by atoms with Crippen molar-refractivity contribution < 1.29 is 4.42 Å². The van der Waals surface area contributed by atoms with E-state index in [0.29, 0.717) is 0 Å². The van der Waals surface area contributed by atoms with E-state index in [1.54, 1.807) is 0 Å². The van der Waals surface area contributed by atoms with Gasteiger partial charge in [-0.25, -0.2) is 0 Å². The van der Waals surface area contributed by atoms with Crippen LogP contribution in [0.5, 0.6) is 0 Å². The first-order valence-electron chi connectivity index (χ1n) is 17.4. The summed E-state index contributed by atoms with van der Waals surface area (Å²) in [5, 5.41) is 7.22. The van der Waals surface area contributed by atoms with Crippen LogP contribution in [0.1, 0.15) is 0 Å². The van der Waals surface area contributed by atoms with Crippen molar-refractivity contribution in [1.29, 1.82) is 0 Å². The van der Waals surface area contributed by atoms with Crippen molar-refractivity contribution in [2.24, 2.45) is 0 Å². The molecule has 11 rings (SSSR count). The van der Waals surface area contributed by atoms with E-state index in [4.69, 9.17) is 4.42 Å². The predicted molar refractivity (Wildman–Crippen MR) is 213 cm³/mol. The molecule has 3 nitrogen and oxygen atoms in total. The number of hydrogen-bond donors (Lipinski definition) is 0. The normalized spacial score (nSPS) is 11.9. The Bertz CT molecular complexity index is 3110. The fraction of sp³-hybridized carbons (Fsp3) is 0. The molecule has 0 amide bonds. The number of nitrogens with zero attached hydrogens (tertiary/aromatic N) is 2. The van der Waals surface area contributed by atoms with Crippen molar-refractivity contribution in [2.75, 3.05) is 0 Å². The van der Waals surface area contributed by atoms with Crippen molar-refractivity contribution >= 4 is 65.6 Å². The highest BCUT2D eigenvalue weighted by atomic mass is 16.3. The topological polar surface area (TPSA) is 23.0 Å². The van der Waals surface area contributed by atoms with Crippen LogP contribution < -0.4 is 0 Å². The summed E-state index contributed by atoms with van der Waals surface area (Å²) < 4.78 is 11.3. The molecule has 0 radical (unpaired) electrons. The smallest absolute Gasteiger partial charge is 0.143 e. The maximum Gasteiger partial charge on any atom is 0.143 e. The Labute approximate surface area is 293 Å². The molecule has 0 spiro atoms. The number of para-hydroxylation sites is 4. The zero-order chi connectivity index (χ0) is 33.5. The standard InChI is InChI=1S/C48H30N2O/c1-3-12-31(13-4-1)33-24-29-44-42(30-33)40-28-27-39-37-16-7-9-20-43(37)49(34-14-5-2-6-15-34)46(39)47(40)50(44)35-25-22-32(23-26-35)36-18-11-19-41-38-17-8-10-21-45(38)51-48(36)41/h1-30H. The third-order valence-electron chi connectivity index (χ3n) is 10.5. The van der Waals surface area contributed by atoms with Crippen molar-refractivity contribution in [3.63, 3.8) is 0 Å². The van der Waals surface area contributed by atoms with Gasteiger partial charge in [-0.1, -0.05) is 133 Å². The van der Waals surface area contributed by atoms with Gasteiger partial charge in [0.1, 0.15) is 11.2 Å². The number of hydrogen-bond acceptors (Lipinski definition) is 1. The first kappa shape index (κ1) is 28.0. The summed E-state index contributed by atoms with van der Waals surface area (Å²) in [6.07, 6.45) is 0. The molecular formula is C48H30N2O. The van der Waals surface area contributed by atoms with E-state index in [2.05, 4.69) is 179 Å². The zero-order valence-corrected chi connectivity index (χ0v) is 27.6. The molecule has 0 saturated heterocycles. The molecule has 238 valence electrons. The summed E-state index contributed by atoms with van der Waals surface area (Å²) in [4.78, 5) is 0. The van der Waals surface area contributed by atoms with Gasteiger partial charge in [-0.2, -0.15) is 0 Å². The van der Waals surface area contributed by atoms with Crippen LogP contribution >= 0.6 is 0 Å². The van der Waals surface area contributed by atoms with Crippen LogP contribution in [0, 0.1) is 0 Å². The van der Waals surface area contributed by atoms with Crippen LogP contribution in [0.15, 0.2) is 186 Å². The molecule has 0 atom stereocenters. The van der Waals surface area contributed by atoms with E-state index < -0.39 is 0 Å². The minimum atomic E-state index is 0.912. The molecule has 0 aliphatic rings. The lowest BCUT2D eigenvalue weighted by molar-refractivity contribution is 0.670. The SMILES string of the molecule is c1ccc(-c2ccc3c(c2)c2ccc4c5ccccc5n(-c5ccccc5)c4c2n3-c2ccc(-c3cccc4c3oc3ccccc34)cc2)cc1. The number of furan rings is 1. The molecule has 0 saturated carbocycles. The summed E-state index contributed by atoms with van der Waals surface area (Å²) in [5.74, 6) is 0. The third kappa shape index (κ3) is 4.12. The molecule has 3 aromatic heterocycles. The van der Waals surface area contributed by atoms with Crippen molar-refractivity contribution in [2.45, 2.75) is 0 Å². The van der Waals surface area contributed by atoms with Crippen LogP contribution in [0.4, 0.5) is 0 Å². The second kappa shape index (κ2) is 10.8. The maximum atomic E-state index is 6.43. The fourth-order valence-corrected chi connectivity index (χ4v) is 8.24.